The van der Waals surface area contributed by atoms with Crippen molar-refractivity contribution in [2.24, 2.45) is 0 Å². The summed E-state index contributed by atoms with van der Waals surface area (Å²) in [5.74, 6) is -0.378. The summed E-state index contributed by atoms with van der Waals surface area (Å²) in [6, 6.07) is 4.34. The van der Waals surface area contributed by atoms with Crippen LogP contribution in [0.3, 0.4) is 0 Å². The number of benzene rings is 1. The molecule has 1 amide bonds. The van der Waals surface area contributed by atoms with Crippen molar-refractivity contribution < 1.29 is 9.18 Å². The fourth-order valence-corrected chi connectivity index (χ4v) is 1.76. The van der Waals surface area contributed by atoms with Crippen molar-refractivity contribution >= 4 is 33.3 Å². The molecule has 2 aromatic rings. The molecule has 0 saturated heterocycles. The van der Waals surface area contributed by atoms with Crippen LogP contribution in [0, 0.1) is 5.82 Å². The molecule has 0 aliphatic rings. The molecule has 104 valence electrons. The number of halogens is 2. The summed E-state index contributed by atoms with van der Waals surface area (Å²) in [6.07, 6.45) is 2.88. The number of anilines is 2. The van der Waals surface area contributed by atoms with E-state index in [0.29, 0.717) is 22.5 Å². The molecule has 20 heavy (non-hydrogen) atoms. The Hall–Kier alpha value is -2.02. The zero-order valence-electron chi connectivity index (χ0n) is 10.7. The van der Waals surface area contributed by atoms with Crippen LogP contribution in [0.2, 0.25) is 0 Å². The number of carbonyl (C=O) groups is 1. The summed E-state index contributed by atoms with van der Waals surface area (Å²) in [5, 5.41) is 5.53. The van der Waals surface area contributed by atoms with Gasteiger partial charge in [0.25, 0.3) is 5.91 Å². The van der Waals surface area contributed by atoms with Gasteiger partial charge in [-0.1, -0.05) is 0 Å². The maximum Gasteiger partial charge on any atom is 0.275 e. The highest BCUT2D eigenvalue weighted by molar-refractivity contribution is 9.10. The second-order valence-corrected chi connectivity index (χ2v) is 4.76. The number of carbonyl (C=O) groups excluding carboxylic acids is 1. The molecule has 0 spiro atoms. The minimum absolute atomic E-state index is 0.159. The first-order valence-electron chi connectivity index (χ1n) is 5.92. The van der Waals surface area contributed by atoms with E-state index in [1.165, 1.54) is 24.5 Å². The average Bonchev–Trinajstić information content (AvgIpc) is 2.43. The van der Waals surface area contributed by atoms with Crippen LogP contribution in [0.25, 0.3) is 0 Å². The molecule has 0 saturated carbocycles. The summed E-state index contributed by atoms with van der Waals surface area (Å²) in [5.41, 5.74) is 0.512. The van der Waals surface area contributed by atoms with Gasteiger partial charge >= 0.3 is 0 Å². The number of nitrogens with zero attached hydrogens (tertiary/aromatic N) is 2. The fourth-order valence-electron chi connectivity index (χ4n) is 1.51. The van der Waals surface area contributed by atoms with E-state index in [9.17, 15) is 9.18 Å². The van der Waals surface area contributed by atoms with Crippen LogP contribution in [-0.4, -0.2) is 22.4 Å². The molecular formula is C13H12BrFN4O. The topological polar surface area (TPSA) is 66.9 Å². The molecule has 0 unspecified atom stereocenters. The van der Waals surface area contributed by atoms with Gasteiger partial charge in [0.15, 0.2) is 0 Å². The van der Waals surface area contributed by atoms with Crippen LogP contribution in [0.1, 0.15) is 17.4 Å². The van der Waals surface area contributed by atoms with Gasteiger partial charge < -0.3 is 10.6 Å². The average molecular weight is 339 g/mol. The van der Waals surface area contributed by atoms with Crippen LogP contribution in [-0.2, 0) is 0 Å². The SMILES string of the molecule is CCNc1cncc(C(=O)Nc2ccc(Br)c(F)c2)n1. The van der Waals surface area contributed by atoms with Crippen LogP contribution < -0.4 is 10.6 Å². The molecule has 1 aromatic carbocycles. The van der Waals surface area contributed by atoms with E-state index >= 15 is 0 Å². The van der Waals surface area contributed by atoms with Crippen LogP contribution in [0.4, 0.5) is 15.9 Å². The summed E-state index contributed by atoms with van der Waals surface area (Å²) >= 11 is 3.05. The van der Waals surface area contributed by atoms with Crippen molar-refractivity contribution in [3.05, 3.63) is 46.6 Å². The smallest absolute Gasteiger partial charge is 0.275 e. The third-order valence-electron chi connectivity index (χ3n) is 2.40. The van der Waals surface area contributed by atoms with Gasteiger partial charge in [-0.25, -0.2) is 9.37 Å². The minimum atomic E-state index is -0.449. The lowest BCUT2D eigenvalue weighted by molar-refractivity contribution is 0.102. The standard InChI is InChI=1S/C13H12BrFN4O/c1-2-17-12-7-16-6-11(19-12)13(20)18-8-3-4-9(14)10(15)5-8/h3-7H,2H2,1H3,(H,17,19)(H,18,20). The largest absolute Gasteiger partial charge is 0.369 e. The lowest BCUT2D eigenvalue weighted by Crippen LogP contribution is -2.15. The van der Waals surface area contributed by atoms with E-state index in [1.54, 1.807) is 6.07 Å². The Morgan fingerprint density at radius 1 is 1.40 bits per heavy atom. The molecule has 7 heteroatoms. The van der Waals surface area contributed by atoms with Crippen molar-refractivity contribution in [2.45, 2.75) is 6.92 Å². The van der Waals surface area contributed by atoms with E-state index in [4.69, 9.17) is 0 Å². The Labute approximate surface area is 123 Å². The molecule has 0 fully saturated rings. The number of hydrogen-bond donors (Lipinski definition) is 2. The van der Waals surface area contributed by atoms with Gasteiger partial charge in [0, 0.05) is 12.2 Å². The third-order valence-corrected chi connectivity index (χ3v) is 3.05. The van der Waals surface area contributed by atoms with Gasteiger partial charge in [-0.3, -0.25) is 9.78 Å². The van der Waals surface area contributed by atoms with E-state index in [2.05, 4.69) is 36.5 Å². The van der Waals surface area contributed by atoms with Gasteiger partial charge in [0.2, 0.25) is 0 Å². The van der Waals surface area contributed by atoms with Crippen LogP contribution in [0.5, 0.6) is 0 Å². The first kappa shape index (κ1) is 14.4. The number of aromatic nitrogens is 2. The molecule has 0 bridgehead atoms. The Balaban J connectivity index is 2.15. The van der Waals surface area contributed by atoms with Gasteiger partial charge in [0.05, 0.1) is 16.9 Å². The van der Waals surface area contributed by atoms with E-state index < -0.39 is 11.7 Å². The molecule has 0 radical (unpaired) electrons. The normalized spacial score (nSPS) is 10.2. The highest BCUT2D eigenvalue weighted by atomic mass is 79.9. The highest BCUT2D eigenvalue weighted by Gasteiger charge is 2.10. The Morgan fingerprint density at radius 2 is 2.20 bits per heavy atom. The second-order valence-electron chi connectivity index (χ2n) is 3.90. The molecule has 2 rings (SSSR count). The maximum atomic E-state index is 13.4. The molecule has 1 heterocycles. The minimum Gasteiger partial charge on any atom is -0.369 e. The van der Waals surface area contributed by atoms with Crippen molar-refractivity contribution in [2.75, 3.05) is 17.2 Å². The van der Waals surface area contributed by atoms with Crippen LogP contribution >= 0.6 is 15.9 Å². The maximum absolute atomic E-state index is 13.4. The molecule has 5 nitrogen and oxygen atoms in total. The lowest BCUT2D eigenvalue weighted by atomic mass is 10.3. The Kier molecular flexibility index (Phi) is 4.62. The third kappa shape index (κ3) is 3.51. The van der Waals surface area contributed by atoms with Gasteiger partial charge in [-0.15, -0.1) is 0 Å². The number of rotatable bonds is 4. The Morgan fingerprint density at radius 3 is 2.90 bits per heavy atom. The second kappa shape index (κ2) is 6.42. The van der Waals surface area contributed by atoms with Gasteiger partial charge in [-0.05, 0) is 41.1 Å². The zero-order chi connectivity index (χ0) is 14.5. The van der Waals surface area contributed by atoms with Crippen molar-refractivity contribution in [1.82, 2.24) is 9.97 Å². The van der Waals surface area contributed by atoms with E-state index in [1.807, 2.05) is 6.92 Å². The lowest BCUT2D eigenvalue weighted by Gasteiger charge is -2.07. The van der Waals surface area contributed by atoms with Crippen molar-refractivity contribution in [3.63, 3.8) is 0 Å². The predicted octanol–water partition coefficient (Wildman–Crippen LogP) is 3.06. The molecule has 0 aliphatic heterocycles. The molecule has 0 aliphatic carbocycles. The first-order chi connectivity index (χ1) is 9.60. The number of amides is 1. The quantitative estimate of drug-likeness (QED) is 0.898. The monoisotopic (exact) mass is 338 g/mol. The number of hydrogen-bond acceptors (Lipinski definition) is 4. The summed E-state index contributed by atoms with van der Waals surface area (Å²) in [7, 11) is 0. The Bertz CT molecular complexity index is 636. The molecule has 0 atom stereocenters. The summed E-state index contributed by atoms with van der Waals surface area (Å²) in [6.45, 7) is 2.59. The van der Waals surface area contributed by atoms with Gasteiger partial charge in [0.1, 0.15) is 17.3 Å². The fraction of sp³-hybridized carbons (Fsp3) is 0.154. The molecular weight excluding hydrogens is 327 g/mol. The predicted molar refractivity (Wildman–Crippen MR) is 78.2 cm³/mol. The van der Waals surface area contributed by atoms with Gasteiger partial charge in [-0.2, -0.15) is 0 Å². The zero-order valence-corrected chi connectivity index (χ0v) is 12.2. The first-order valence-corrected chi connectivity index (χ1v) is 6.71. The molecule has 1 aromatic heterocycles. The highest BCUT2D eigenvalue weighted by Crippen LogP contribution is 2.19. The van der Waals surface area contributed by atoms with E-state index in [0.717, 1.165) is 0 Å². The molecule has 2 N–H and O–H groups in total. The summed E-state index contributed by atoms with van der Waals surface area (Å²) in [4.78, 5) is 20.0. The van der Waals surface area contributed by atoms with E-state index in [-0.39, 0.29) is 5.69 Å². The number of nitrogens with one attached hydrogen (secondary N) is 2. The summed E-state index contributed by atoms with van der Waals surface area (Å²) < 4.78 is 13.7. The van der Waals surface area contributed by atoms with Crippen LogP contribution in [0.15, 0.2) is 35.1 Å². The van der Waals surface area contributed by atoms with Crippen molar-refractivity contribution in [1.29, 1.82) is 0 Å². The van der Waals surface area contributed by atoms with Crippen molar-refractivity contribution in [3.8, 4) is 0 Å².